The van der Waals surface area contributed by atoms with E-state index < -0.39 is 0 Å². The number of rotatable bonds is 5. The number of piperidine rings is 1. The molecule has 1 aliphatic rings. The van der Waals surface area contributed by atoms with Gasteiger partial charge in [0.2, 0.25) is 0 Å². The average Bonchev–Trinajstić information content (AvgIpc) is 2.43. The fourth-order valence-corrected chi connectivity index (χ4v) is 2.94. The maximum Gasteiger partial charge on any atom is 0.148 e. The fraction of sp³-hybridized carbons (Fsp3) is 0.692. The molecule has 0 bridgehead atoms. The molecular weight excluding hydrogens is 308 g/mol. The van der Waals surface area contributed by atoms with Gasteiger partial charge in [-0.2, -0.15) is 0 Å². The van der Waals surface area contributed by atoms with Crippen LogP contribution in [0.25, 0.3) is 0 Å². The van der Waals surface area contributed by atoms with Gasteiger partial charge < -0.3 is 15.0 Å². The molecule has 1 fully saturated rings. The summed E-state index contributed by atoms with van der Waals surface area (Å²) in [5, 5.41) is 3.24. The van der Waals surface area contributed by atoms with Gasteiger partial charge >= 0.3 is 0 Å². The molecule has 2 rings (SSSR count). The summed E-state index contributed by atoms with van der Waals surface area (Å²) < 4.78 is 6.63. The molecule has 0 spiro atoms. The predicted molar refractivity (Wildman–Crippen MR) is 80.8 cm³/mol. The number of anilines is 2. The molecule has 0 aliphatic carbocycles. The first-order valence-electron chi connectivity index (χ1n) is 6.87. The van der Waals surface area contributed by atoms with Crippen molar-refractivity contribution < 1.29 is 4.74 Å². The first-order valence-corrected chi connectivity index (χ1v) is 7.66. The Balaban J connectivity index is 2.05. The van der Waals surface area contributed by atoms with Gasteiger partial charge in [0.1, 0.15) is 22.4 Å². The molecule has 2 heterocycles. The smallest absolute Gasteiger partial charge is 0.148 e. The Morgan fingerprint density at radius 1 is 1.37 bits per heavy atom. The molecule has 5 nitrogen and oxygen atoms in total. The van der Waals surface area contributed by atoms with Gasteiger partial charge in [-0.1, -0.05) is 0 Å². The number of ether oxygens (including phenoxy) is 1. The largest absolute Gasteiger partial charge is 0.378 e. The molecule has 0 atom stereocenters. The zero-order valence-electron chi connectivity index (χ0n) is 11.5. The highest BCUT2D eigenvalue weighted by Gasteiger charge is 2.22. The van der Waals surface area contributed by atoms with Crippen molar-refractivity contribution in [3.8, 4) is 0 Å². The number of nitrogens with one attached hydrogen (secondary N) is 1. The van der Waals surface area contributed by atoms with Crippen LogP contribution in [0.1, 0.15) is 26.7 Å². The molecule has 1 aromatic rings. The van der Waals surface area contributed by atoms with E-state index >= 15 is 0 Å². The van der Waals surface area contributed by atoms with Crippen molar-refractivity contribution >= 4 is 27.6 Å². The normalized spacial score (nSPS) is 16.7. The van der Waals surface area contributed by atoms with Gasteiger partial charge in [-0.15, -0.1) is 0 Å². The third kappa shape index (κ3) is 3.57. The van der Waals surface area contributed by atoms with Gasteiger partial charge in [-0.25, -0.2) is 9.97 Å². The van der Waals surface area contributed by atoms with Crippen molar-refractivity contribution in [3.63, 3.8) is 0 Å². The third-order valence-electron chi connectivity index (χ3n) is 3.26. The Kier molecular flexibility index (Phi) is 5.39. The molecule has 6 heteroatoms. The monoisotopic (exact) mass is 328 g/mol. The van der Waals surface area contributed by atoms with Gasteiger partial charge in [0.25, 0.3) is 0 Å². The van der Waals surface area contributed by atoms with Crippen LogP contribution in [0.15, 0.2) is 10.8 Å². The fourth-order valence-electron chi connectivity index (χ4n) is 2.34. The molecule has 0 aromatic carbocycles. The number of hydrogen-bond acceptors (Lipinski definition) is 5. The lowest BCUT2D eigenvalue weighted by molar-refractivity contribution is 0.0458. The van der Waals surface area contributed by atoms with E-state index in [4.69, 9.17) is 4.74 Å². The minimum Gasteiger partial charge on any atom is -0.378 e. The zero-order valence-corrected chi connectivity index (χ0v) is 13.1. The van der Waals surface area contributed by atoms with E-state index in [1.54, 1.807) is 6.33 Å². The highest BCUT2D eigenvalue weighted by molar-refractivity contribution is 9.10. The van der Waals surface area contributed by atoms with Crippen LogP contribution in [0.5, 0.6) is 0 Å². The molecule has 0 unspecified atom stereocenters. The van der Waals surface area contributed by atoms with E-state index in [0.717, 1.165) is 55.2 Å². The van der Waals surface area contributed by atoms with E-state index in [1.165, 1.54) is 0 Å². The SMILES string of the molecule is CCNc1ncnc(N2CCC(OCC)CC2)c1Br. The summed E-state index contributed by atoms with van der Waals surface area (Å²) in [6.45, 7) is 7.71. The first kappa shape index (κ1) is 14.5. The van der Waals surface area contributed by atoms with E-state index in [0.29, 0.717) is 6.10 Å². The van der Waals surface area contributed by atoms with Gasteiger partial charge in [0, 0.05) is 26.2 Å². The standard InChI is InChI=1S/C13H21BrN4O/c1-3-15-12-11(14)13(17-9-16-12)18-7-5-10(6-8-18)19-4-2/h9-10H,3-8H2,1-2H3,(H,15,16,17). The summed E-state index contributed by atoms with van der Waals surface area (Å²) in [4.78, 5) is 10.9. The third-order valence-corrected chi connectivity index (χ3v) is 3.99. The summed E-state index contributed by atoms with van der Waals surface area (Å²) in [6, 6.07) is 0. The Morgan fingerprint density at radius 3 is 2.74 bits per heavy atom. The molecule has 0 radical (unpaired) electrons. The molecule has 0 saturated carbocycles. The van der Waals surface area contributed by atoms with E-state index in [9.17, 15) is 0 Å². The lowest BCUT2D eigenvalue weighted by Crippen LogP contribution is -2.37. The van der Waals surface area contributed by atoms with Crippen LogP contribution in [-0.4, -0.2) is 42.3 Å². The summed E-state index contributed by atoms with van der Waals surface area (Å²) in [5.74, 6) is 1.83. The maximum absolute atomic E-state index is 5.68. The van der Waals surface area contributed by atoms with Crippen molar-refractivity contribution in [3.05, 3.63) is 10.8 Å². The van der Waals surface area contributed by atoms with Gasteiger partial charge in [-0.3, -0.25) is 0 Å². The van der Waals surface area contributed by atoms with Crippen LogP contribution >= 0.6 is 15.9 Å². The number of halogens is 1. The summed E-state index contributed by atoms with van der Waals surface area (Å²) in [7, 11) is 0. The minimum atomic E-state index is 0.398. The van der Waals surface area contributed by atoms with Crippen LogP contribution in [0.4, 0.5) is 11.6 Å². The molecule has 1 N–H and O–H groups in total. The summed E-state index contributed by atoms with van der Waals surface area (Å²) in [6.07, 6.45) is 4.13. The maximum atomic E-state index is 5.68. The Bertz CT molecular complexity index is 408. The van der Waals surface area contributed by atoms with Crippen LogP contribution < -0.4 is 10.2 Å². The predicted octanol–water partition coefficient (Wildman–Crippen LogP) is 2.68. The Labute approximate surface area is 122 Å². The van der Waals surface area contributed by atoms with E-state index in [1.807, 2.05) is 0 Å². The number of aromatic nitrogens is 2. The van der Waals surface area contributed by atoms with Crippen molar-refractivity contribution in [2.45, 2.75) is 32.8 Å². The van der Waals surface area contributed by atoms with E-state index in [2.05, 4.69) is 50.0 Å². The van der Waals surface area contributed by atoms with Crippen molar-refractivity contribution in [2.75, 3.05) is 36.5 Å². The second-order valence-electron chi connectivity index (χ2n) is 4.53. The lowest BCUT2D eigenvalue weighted by atomic mass is 10.1. The van der Waals surface area contributed by atoms with Gasteiger partial charge in [0.15, 0.2) is 0 Å². The minimum absolute atomic E-state index is 0.398. The molecule has 1 aliphatic heterocycles. The summed E-state index contributed by atoms with van der Waals surface area (Å²) in [5.41, 5.74) is 0. The first-order chi connectivity index (χ1) is 9.26. The topological polar surface area (TPSA) is 50.3 Å². The quantitative estimate of drug-likeness (QED) is 0.900. The molecule has 1 saturated heterocycles. The molecule has 106 valence electrons. The van der Waals surface area contributed by atoms with E-state index in [-0.39, 0.29) is 0 Å². The van der Waals surface area contributed by atoms with Crippen LogP contribution in [0.2, 0.25) is 0 Å². The zero-order chi connectivity index (χ0) is 13.7. The van der Waals surface area contributed by atoms with Crippen LogP contribution in [-0.2, 0) is 4.74 Å². The van der Waals surface area contributed by atoms with Crippen molar-refractivity contribution in [1.82, 2.24) is 9.97 Å². The Hall–Kier alpha value is -0.880. The van der Waals surface area contributed by atoms with Crippen LogP contribution in [0, 0.1) is 0 Å². The van der Waals surface area contributed by atoms with Gasteiger partial charge in [0.05, 0.1) is 6.10 Å². The van der Waals surface area contributed by atoms with Crippen molar-refractivity contribution in [2.24, 2.45) is 0 Å². The Morgan fingerprint density at radius 2 is 2.11 bits per heavy atom. The summed E-state index contributed by atoms with van der Waals surface area (Å²) >= 11 is 3.60. The average molecular weight is 329 g/mol. The van der Waals surface area contributed by atoms with Crippen molar-refractivity contribution in [1.29, 1.82) is 0 Å². The second-order valence-corrected chi connectivity index (χ2v) is 5.32. The highest BCUT2D eigenvalue weighted by atomic mass is 79.9. The lowest BCUT2D eigenvalue weighted by Gasteiger charge is -2.33. The number of nitrogens with zero attached hydrogens (tertiary/aromatic N) is 3. The number of hydrogen-bond donors (Lipinski definition) is 1. The van der Waals surface area contributed by atoms with Gasteiger partial charge in [-0.05, 0) is 42.6 Å². The molecule has 0 amide bonds. The molecule has 1 aromatic heterocycles. The molecular formula is C13H21BrN4O. The van der Waals surface area contributed by atoms with Crippen LogP contribution in [0.3, 0.4) is 0 Å². The second kappa shape index (κ2) is 7.05. The highest BCUT2D eigenvalue weighted by Crippen LogP contribution is 2.31. The molecule has 19 heavy (non-hydrogen) atoms.